The van der Waals surface area contributed by atoms with Crippen molar-refractivity contribution in [3.8, 4) is 0 Å². The number of hydrogen-bond donors (Lipinski definition) is 0. The summed E-state index contributed by atoms with van der Waals surface area (Å²) in [7, 11) is 0. The van der Waals surface area contributed by atoms with Gasteiger partial charge in [0.15, 0.2) is 0 Å². The van der Waals surface area contributed by atoms with E-state index in [1.807, 2.05) is 0 Å². The van der Waals surface area contributed by atoms with Crippen LogP contribution in [0.5, 0.6) is 0 Å². The highest BCUT2D eigenvalue weighted by Gasteiger charge is 2.34. The van der Waals surface area contributed by atoms with E-state index in [4.69, 9.17) is 4.74 Å². The largest absolute Gasteiger partial charge is 0.416 e. The van der Waals surface area contributed by atoms with Crippen molar-refractivity contribution in [2.75, 3.05) is 6.61 Å². The van der Waals surface area contributed by atoms with Gasteiger partial charge >= 0.3 is 6.18 Å². The number of alkyl halides is 3. The topological polar surface area (TPSA) is 12.5 Å². The van der Waals surface area contributed by atoms with Gasteiger partial charge in [-0.15, -0.1) is 0 Å². The lowest BCUT2D eigenvalue weighted by molar-refractivity contribution is -0.138. The second kappa shape index (κ2) is 2.98. The Balaban J connectivity index is 2.41. The van der Waals surface area contributed by atoms with E-state index in [2.05, 4.69) is 0 Å². The number of halogens is 3. The van der Waals surface area contributed by atoms with Crippen LogP contribution in [0, 0.1) is 6.92 Å². The maximum Gasteiger partial charge on any atom is 0.416 e. The lowest BCUT2D eigenvalue weighted by Gasteiger charge is -2.10. The number of benzene rings is 1. The van der Waals surface area contributed by atoms with E-state index in [-0.39, 0.29) is 11.7 Å². The summed E-state index contributed by atoms with van der Waals surface area (Å²) in [5.74, 6) is 0. The molecule has 1 nitrogen and oxygen atoms in total. The van der Waals surface area contributed by atoms with E-state index >= 15 is 0 Å². The van der Waals surface area contributed by atoms with Gasteiger partial charge < -0.3 is 4.74 Å². The SMILES string of the molecule is Cc1ccc([C@H]2CO2)cc1C(F)(F)F. The van der Waals surface area contributed by atoms with Gasteiger partial charge in [-0.05, 0) is 24.1 Å². The molecule has 0 spiro atoms. The average Bonchev–Trinajstić information content (AvgIpc) is 2.85. The molecule has 1 atom stereocenters. The van der Waals surface area contributed by atoms with Gasteiger partial charge in [0.1, 0.15) is 6.10 Å². The Labute approximate surface area is 79.5 Å². The summed E-state index contributed by atoms with van der Waals surface area (Å²) in [6.45, 7) is 1.99. The van der Waals surface area contributed by atoms with Gasteiger partial charge in [0, 0.05) is 0 Å². The van der Waals surface area contributed by atoms with Gasteiger partial charge in [-0.3, -0.25) is 0 Å². The maximum atomic E-state index is 12.5. The van der Waals surface area contributed by atoms with Crippen molar-refractivity contribution in [1.82, 2.24) is 0 Å². The van der Waals surface area contributed by atoms with Gasteiger partial charge in [0.25, 0.3) is 0 Å². The predicted molar refractivity (Wildman–Crippen MR) is 44.9 cm³/mol. The Bertz CT molecular complexity index is 353. The first-order valence-electron chi connectivity index (χ1n) is 4.28. The van der Waals surface area contributed by atoms with Gasteiger partial charge in [0.05, 0.1) is 12.2 Å². The van der Waals surface area contributed by atoms with Gasteiger partial charge in [0.2, 0.25) is 0 Å². The molecule has 1 fully saturated rings. The lowest BCUT2D eigenvalue weighted by Crippen LogP contribution is -2.07. The third kappa shape index (κ3) is 1.75. The smallest absolute Gasteiger partial charge is 0.368 e. The molecule has 0 amide bonds. The zero-order valence-corrected chi connectivity index (χ0v) is 7.56. The molecule has 0 N–H and O–H groups in total. The molecule has 1 aromatic rings. The molecule has 0 aliphatic carbocycles. The van der Waals surface area contributed by atoms with Crippen molar-refractivity contribution in [1.29, 1.82) is 0 Å². The molecule has 1 aliphatic rings. The highest BCUT2D eigenvalue weighted by Crippen LogP contribution is 2.36. The number of ether oxygens (including phenoxy) is 1. The molecule has 0 bridgehead atoms. The zero-order chi connectivity index (χ0) is 10.3. The van der Waals surface area contributed by atoms with E-state index in [0.29, 0.717) is 12.2 Å². The fourth-order valence-corrected chi connectivity index (χ4v) is 1.39. The normalized spacial score (nSPS) is 21.0. The molecule has 0 saturated carbocycles. The fourth-order valence-electron chi connectivity index (χ4n) is 1.39. The van der Waals surface area contributed by atoms with Crippen molar-refractivity contribution in [3.63, 3.8) is 0 Å². The van der Waals surface area contributed by atoms with Crippen LogP contribution in [0.15, 0.2) is 18.2 Å². The van der Waals surface area contributed by atoms with Crippen molar-refractivity contribution in [2.24, 2.45) is 0 Å². The van der Waals surface area contributed by atoms with Crippen molar-refractivity contribution >= 4 is 0 Å². The monoisotopic (exact) mass is 202 g/mol. The van der Waals surface area contributed by atoms with E-state index in [1.165, 1.54) is 19.1 Å². The lowest BCUT2D eigenvalue weighted by atomic mass is 10.0. The van der Waals surface area contributed by atoms with Crippen LogP contribution in [0.4, 0.5) is 13.2 Å². The summed E-state index contributed by atoms with van der Waals surface area (Å²) < 4.78 is 42.3. The number of hydrogen-bond acceptors (Lipinski definition) is 1. The molecule has 76 valence electrons. The quantitative estimate of drug-likeness (QED) is 0.637. The summed E-state index contributed by atoms with van der Waals surface area (Å²) in [5, 5.41) is 0. The predicted octanol–water partition coefficient (Wildman–Crippen LogP) is 3.09. The molecule has 0 radical (unpaired) electrons. The molecular weight excluding hydrogens is 193 g/mol. The van der Waals surface area contributed by atoms with Crippen LogP contribution >= 0.6 is 0 Å². The number of aryl methyl sites for hydroxylation is 1. The Morgan fingerprint density at radius 2 is 2.00 bits per heavy atom. The second-order valence-electron chi connectivity index (χ2n) is 3.39. The van der Waals surface area contributed by atoms with E-state index < -0.39 is 11.7 Å². The molecule has 0 aromatic heterocycles. The van der Waals surface area contributed by atoms with Crippen LogP contribution in [-0.2, 0) is 10.9 Å². The first-order valence-corrected chi connectivity index (χ1v) is 4.28. The minimum Gasteiger partial charge on any atom is -0.368 e. The van der Waals surface area contributed by atoms with Crippen molar-refractivity contribution < 1.29 is 17.9 Å². The van der Waals surface area contributed by atoms with Crippen LogP contribution in [0.25, 0.3) is 0 Å². The van der Waals surface area contributed by atoms with Crippen molar-refractivity contribution in [2.45, 2.75) is 19.2 Å². The summed E-state index contributed by atoms with van der Waals surface area (Å²) in [6.07, 6.45) is -4.40. The first kappa shape index (κ1) is 9.52. The summed E-state index contributed by atoms with van der Waals surface area (Å²) in [5.41, 5.74) is 0.301. The highest BCUT2D eigenvalue weighted by molar-refractivity contribution is 5.35. The molecule has 2 rings (SSSR count). The summed E-state index contributed by atoms with van der Waals surface area (Å²) >= 11 is 0. The molecule has 1 aliphatic heterocycles. The average molecular weight is 202 g/mol. The van der Waals surface area contributed by atoms with E-state index in [0.717, 1.165) is 0 Å². The molecule has 14 heavy (non-hydrogen) atoms. The van der Waals surface area contributed by atoms with E-state index in [1.54, 1.807) is 6.07 Å². The second-order valence-corrected chi connectivity index (χ2v) is 3.39. The number of epoxide rings is 1. The third-order valence-corrected chi connectivity index (χ3v) is 2.27. The highest BCUT2D eigenvalue weighted by atomic mass is 19.4. The van der Waals surface area contributed by atoms with Crippen LogP contribution in [0.2, 0.25) is 0 Å². The number of rotatable bonds is 1. The Hall–Kier alpha value is -1.03. The molecule has 0 unspecified atom stereocenters. The van der Waals surface area contributed by atoms with Crippen LogP contribution in [-0.4, -0.2) is 6.61 Å². The molecule has 4 heteroatoms. The standard InChI is InChI=1S/C10H9F3O/c1-6-2-3-7(9-5-14-9)4-8(6)10(11,12)13/h2-4,9H,5H2,1H3/t9-/m1/s1. The van der Waals surface area contributed by atoms with Gasteiger partial charge in [-0.2, -0.15) is 13.2 Å². The Morgan fingerprint density at radius 1 is 1.36 bits per heavy atom. The molecular formula is C10H9F3O. The maximum absolute atomic E-state index is 12.5. The van der Waals surface area contributed by atoms with Crippen molar-refractivity contribution in [3.05, 3.63) is 34.9 Å². The third-order valence-electron chi connectivity index (χ3n) is 2.27. The zero-order valence-electron chi connectivity index (χ0n) is 7.56. The minimum absolute atomic E-state index is 0.128. The molecule has 1 aromatic carbocycles. The van der Waals surface area contributed by atoms with Gasteiger partial charge in [-0.1, -0.05) is 12.1 Å². The summed E-state index contributed by atoms with van der Waals surface area (Å²) in [6, 6.07) is 4.34. The van der Waals surface area contributed by atoms with Gasteiger partial charge in [-0.25, -0.2) is 0 Å². The van der Waals surface area contributed by atoms with Crippen LogP contribution < -0.4 is 0 Å². The van der Waals surface area contributed by atoms with Crippen LogP contribution in [0.1, 0.15) is 22.8 Å². The molecule has 1 saturated heterocycles. The Kier molecular flexibility index (Phi) is 2.03. The Morgan fingerprint density at radius 3 is 2.50 bits per heavy atom. The minimum atomic E-state index is -4.27. The molecule has 1 heterocycles. The summed E-state index contributed by atoms with van der Waals surface area (Å²) in [4.78, 5) is 0. The van der Waals surface area contributed by atoms with E-state index in [9.17, 15) is 13.2 Å². The fraction of sp³-hybridized carbons (Fsp3) is 0.400. The first-order chi connectivity index (χ1) is 6.48. The van der Waals surface area contributed by atoms with Crippen LogP contribution in [0.3, 0.4) is 0 Å².